The van der Waals surface area contributed by atoms with Gasteiger partial charge in [-0.05, 0) is 31.5 Å². The normalized spacial score (nSPS) is 11.6. The van der Waals surface area contributed by atoms with Crippen LogP contribution in [-0.2, 0) is 14.6 Å². The Balaban J connectivity index is 0.00000676. The molecule has 0 aliphatic heterocycles. The zero-order valence-electron chi connectivity index (χ0n) is 16.7. The van der Waals surface area contributed by atoms with Gasteiger partial charge in [0, 0.05) is 45.2 Å². The lowest BCUT2D eigenvalue weighted by atomic mass is 10.2. The molecule has 0 heterocycles. The lowest BCUT2D eigenvalue weighted by Crippen LogP contribution is -2.42. The van der Waals surface area contributed by atoms with E-state index in [0.29, 0.717) is 19.1 Å². The largest absolute Gasteiger partial charge is 0.379 e. The summed E-state index contributed by atoms with van der Waals surface area (Å²) in [6, 6.07) is 8.48. The van der Waals surface area contributed by atoms with E-state index >= 15 is 0 Å². The van der Waals surface area contributed by atoms with E-state index < -0.39 is 9.84 Å². The summed E-state index contributed by atoms with van der Waals surface area (Å²) in [6.45, 7) is 8.02. The van der Waals surface area contributed by atoms with E-state index in [2.05, 4.69) is 58.6 Å². The topological polar surface area (TPSA) is 83.0 Å². The van der Waals surface area contributed by atoms with Crippen LogP contribution in [0.3, 0.4) is 0 Å². The summed E-state index contributed by atoms with van der Waals surface area (Å²) in [6.07, 6.45) is 1.21. The molecule has 0 aromatic heterocycles. The number of guanidine groups is 1. The van der Waals surface area contributed by atoms with E-state index in [1.165, 1.54) is 17.5 Å². The number of nitrogens with zero attached hydrogens (tertiary/aromatic N) is 2. The molecule has 1 rings (SSSR count). The van der Waals surface area contributed by atoms with Crippen molar-refractivity contribution < 1.29 is 13.2 Å². The number of aliphatic imine (C=N–C) groups is 1. The smallest absolute Gasteiger partial charge is 0.191 e. The highest BCUT2D eigenvalue weighted by Crippen LogP contribution is 2.14. The molecule has 0 saturated heterocycles. The molecule has 0 saturated carbocycles. The zero-order chi connectivity index (χ0) is 19.4. The van der Waals surface area contributed by atoms with Crippen LogP contribution in [-0.4, -0.2) is 72.8 Å². The van der Waals surface area contributed by atoms with Crippen molar-refractivity contribution in [2.75, 3.05) is 63.3 Å². The molecule has 0 radical (unpaired) electrons. The molecule has 1 aromatic rings. The number of likely N-dealkylation sites (N-methyl/N-ethyl adjacent to an activating group) is 1. The van der Waals surface area contributed by atoms with Crippen molar-refractivity contribution in [3.63, 3.8) is 0 Å². The summed E-state index contributed by atoms with van der Waals surface area (Å²) in [7, 11) is -1.25. The average Bonchev–Trinajstić information content (AvgIpc) is 2.58. The Morgan fingerprint density at radius 3 is 2.52 bits per heavy atom. The number of halogens is 1. The summed E-state index contributed by atoms with van der Waals surface area (Å²) < 4.78 is 27.3. The van der Waals surface area contributed by atoms with Crippen molar-refractivity contribution in [3.05, 3.63) is 29.8 Å². The van der Waals surface area contributed by atoms with Crippen LogP contribution in [0.1, 0.15) is 12.5 Å². The van der Waals surface area contributed by atoms with Crippen LogP contribution in [0, 0.1) is 6.92 Å². The molecular weight excluding hydrogens is 479 g/mol. The summed E-state index contributed by atoms with van der Waals surface area (Å²) in [5.74, 6) is 0.753. The van der Waals surface area contributed by atoms with Crippen LogP contribution in [0.15, 0.2) is 29.3 Å². The van der Waals surface area contributed by atoms with Gasteiger partial charge in [0.25, 0.3) is 0 Å². The Kier molecular flexibility index (Phi) is 13.4. The van der Waals surface area contributed by atoms with Gasteiger partial charge < -0.3 is 20.3 Å². The molecule has 0 fully saturated rings. The third-order valence-corrected chi connectivity index (χ3v) is 4.69. The van der Waals surface area contributed by atoms with Gasteiger partial charge in [0.05, 0.1) is 19.0 Å². The quantitative estimate of drug-likeness (QED) is 0.203. The van der Waals surface area contributed by atoms with Gasteiger partial charge in [-0.1, -0.05) is 12.1 Å². The Labute approximate surface area is 180 Å². The van der Waals surface area contributed by atoms with E-state index in [-0.39, 0.29) is 36.3 Å². The number of rotatable bonds is 11. The molecule has 0 spiro atoms. The number of aryl methyl sites for hydroxylation is 1. The third kappa shape index (κ3) is 12.1. The maximum atomic E-state index is 11.0. The SMILES string of the molecule is CCN(CCNC(=NC)NCCOCCS(C)(=O)=O)c1cccc(C)c1.I. The van der Waals surface area contributed by atoms with Crippen LogP contribution < -0.4 is 15.5 Å². The molecule has 1 aromatic carbocycles. The first-order valence-electron chi connectivity index (χ1n) is 8.87. The molecule has 27 heavy (non-hydrogen) atoms. The number of ether oxygens (including phenoxy) is 1. The first kappa shape index (κ1) is 25.9. The van der Waals surface area contributed by atoms with E-state index in [1.807, 2.05) is 0 Å². The van der Waals surface area contributed by atoms with E-state index in [0.717, 1.165) is 19.6 Å². The summed E-state index contributed by atoms with van der Waals surface area (Å²) >= 11 is 0. The van der Waals surface area contributed by atoms with Gasteiger partial charge in [-0.2, -0.15) is 0 Å². The zero-order valence-corrected chi connectivity index (χ0v) is 19.8. The molecule has 0 unspecified atom stereocenters. The van der Waals surface area contributed by atoms with Crippen molar-refractivity contribution in [2.24, 2.45) is 4.99 Å². The Bertz CT molecular complexity index is 668. The van der Waals surface area contributed by atoms with Crippen LogP contribution in [0.25, 0.3) is 0 Å². The molecule has 0 amide bonds. The summed E-state index contributed by atoms with van der Waals surface area (Å²) in [4.78, 5) is 6.49. The van der Waals surface area contributed by atoms with Crippen molar-refractivity contribution in [2.45, 2.75) is 13.8 Å². The standard InChI is InChI=1S/C18H32N4O3S.HI/c1-5-22(17-8-6-7-16(2)15-17)11-9-20-18(19-3)21-10-12-25-13-14-26(4,23)24;/h6-8,15H,5,9-14H2,1-4H3,(H2,19,20,21);1H. The average molecular weight is 512 g/mol. The molecular formula is C18H33IN4O3S. The first-order chi connectivity index (χ1) is 12.4. The highest BCUT2D eigenvalue weighted by atomic mass is 127. The Morgan fingerprint density at radius 1 is 1.22 bits per heavy atom. The minimum Gasteiger partial charge on any atom is -0.379 e. The lowest BCUT2D eigenvalue weighted by Gasteiger charge is -2.24. The molecule has 7 nitrogen and oxygen atoms in total. The Morgan fingerprint density at radius 2 is 1.93 bits per heavy atom. The number of hydrogen-bond donors (Lipinski definition) is 2. The highest BCUT2D eigenvalue weighted by molar-refractivity contribution is 14.0. The van der Waals surface area contributed by atoms with Crippen molar-refractivity contribution in [1.82, 2.24) is 10.6 Å². The lowest BCUT2D eigenvalue weighted by molar-refractivity contribution is 0.154. The highest BCUT2D eigenvalue weighted by Gasteiger charge is 2.05. The minimum atomic E-state index is -2.97. The number of benzene rings is 1. The molecule has 0 bridgehead atoms. The van der Waals surface area contributed by atoms with Crippen LogP contribution >= 0.6 is 24.0 Å². The van der Waals surface area contributed by atoms with E-state index in [4.69, 9.17) is 4.74 Å². The monoisotopic (exact) mass is 512 g/mol. The van der Waals surface area contributed by atoms with E-state index in [1.54, 1.807) is 7.05 Å². The van der Waals surface area contributed by atoms with Crippen molar-refractivity contribution >= 4 is 45.5 Å². The fraction of sp³-hybridized carbons (Fsp3) is 0.611. The second kappa shape index (κ2) is 14.0. The third-order valence-electron chi connectivity index (χ3n) is 3.78. The van der Waals surface area contributed by atoms with Gasteiger partial charge in [0.15, 0.2) is 5.96 Å². The molecule has 0 aliphatic rings. The predicted octanol–water partition coefficient (Wildman–Crippen LogP) is 1.67. The molecule has 9 heteroatoms. The number of sulfone groups is 1. The Hall–Kier alpha value is -1.07. The summed E-state index contributed by atoms with van der Waals surface area (Å²) in [5.41, 5.74) is 2.47. The first-order valence-corrected chi connectivity index (χ1v) is 10.9. The van der Waals surface area contributed by atoms with Crippen LogP contribution in [0.4, 0.5) is 5.69 Å². The number of hydrogen-bond acceptors (Lipinski definition) is 5. The number of anilines is 1. The molecule has 2 N–H and O–H groups in total. The van der Waals surface area contributed by atoms with Gasteiger partial charge in [-0.25, -0.2) is 8.42 Å². The molecule has 0 aliphatic carbocycles. The van der Waals surface area contributed by atoms with Crippen LogP contribution in [0.5, 0.6) is 0 Å². The second-order valence-electron chi connectivity index (χ2n) is 6.09. The summed E-state index contributed by atoms with van der Waals surface area (Å²) in [5, 5.41) is 6.43. The second-order valence-corrected chi connectivity index (χ2v) is 8.35. The van der Waals surface area contributed by atoms with E-state index in [9.17, 15) is 8.42 Å². The molecule has 0 atom stereocenters. The van der Waals surface area contributed by atoms with Crippen LogP contribution in [0.2, 0.25) is 0 Å². The maximum Gasteiger partial charge on any atom is 0.191 e. The fourth-order valence-electron chi connectivity index (χ4n) is 2.38. The maximum absolute atomic E-state index is 11.0. The van der Waals surface area contributed by atoms with Gasteiger partial charge >= 0.3 is 0 Å². The van der Waals surface area contributed by atoms with Gasteiger partial charge in [0.1, 0.15) is 9.84 Å². The van der Waals surface area contributed by atoms with Gasteiger partial charge in [-0.15, -0.1) is 24.0 Å². The fourth-order valence-corrected chi connectivity index (χ4v) is 2.80. The van der Waals surface area contributed by atoms with Crippen molar-refractivity contribution in [1.29, 1.82) is 0 Å². The predicted molar refractivity (Wildman–Crippen MR) is 124 cm³/mol. The van der Waals surface area contributed by atoms with Crippen molar-refractivity contribution in [3.8, 4) is 0 Å². The number of nitrogens with one attached hydrogen (secondary N) is 2. The molecule has 156 valence electrons. The van der Waals surface area contributed by atoms with Gasteiger partial charge in [0.2, 0.25) is 0 Å². The van der Waals surface area contributed by atoms with Gasteiger partial charge in [-0.3, -0.25) is 4.99 Å². The minimum absolute atomic E-state index is 0.